The number of aliphatic hydroxyl groups excluding tert-OH is 1. The van der Waals surface area contributed by atoms with Crippen molar-refractivity contribution in [2.24, 2.45) is 11.8 Å². The summed E-state index contributed by atoms with van der Waals surface area (Å²) >= 11 is 0. The number of hydrogen-bond acceptors (Lipinski definition) is 2. The molecule has 0 saturated heterocycles. The van der Waals surface area contributed by atoms with Crippen LogP contribution in [0.25, 0.3) is 0 Å². The number of imidazole rings is 1. The van der Waals surface area contributed by atoms with Crippen molar-refractivity contribution in [2.75, 3.05) is 0 Å². The number of aromatic nitrogens is 2. The van der Waals surface area contributed by atoms with Gasteiger partial charge in [0.15, 0.2) is 0 Å². The van der Waals surface area contributed by atoms with Gasteiger partial charge in [0.05, 0.1) is 0 Å². The highest BCUT2D eigenvalue weighted by molar-refractivity contribution is 4.99. The van der Waals surface area contributed by atoms with E-state index >= 15 is 0 Å². The topological polar surface area (TPSA) is 38.0 Å². The molecule has 1 unspecified atom stereocenters. The van der Waals surface area contributed by atoms with Crippen LogP contribution in [0.2, 0.25) is 0 Å². The number of hydrogen-bond donors (Lipinski definition) is 1. The molecule has 1 aliphatic rings. The summed E-state index contributed by atoms with van der Waals surface area (Å²) in [5.41, 5.74) is 0. The van der Waals surface area contributed by atoms with Gasteiger partial charge in [-0.3, -0.25) is 0 Å². The summed E-state index contributed by atoms with van der Waals surface area (Å²) in [4.78, 5) is 4.29. The van der Waals surface area contributed by atoms with Gasteiger partial charge in [0.2, 0.25) is 0 Å². The lowest BCUT2D eigenvalue weighted by atomic mass is 9.80. The summed E-state index contributed by atoms with van der Waals surface area (Å²) in [5, 5.41) is 10.3. The number of aliphatic hydroxyl groups is 1. The molecular formula is C13H22N2O. The zero-order valence-corrected chi connectivity index (χ0v) is 10.3. The lowest BCUT2D eigenvalue weighted by Gasteiger charge is -2.29. The maximum Gasteiger partial charge on any atom is 0.137 e. The predicted octanol–water partition coefficient (Wildman–Crippen LogP) is 2.76. The summed E-state index contributed by atoms with van der Waals surface area (Å²) in [6.45, 7) is 5.27. The molecule has 1 fully saturated rings. The van der Waals surface area contributed by atoms with Crippen LogP contribution < -0.4 is 0 Å². The van der Waals surface area contributed by atoms with Crippen molar-refractivity contribution in [3.8, 4) is 0 Å². The molecule has 0 radical (unpaired) electrons. The van der Waals surface area contributed by atoms with E-state index in [1.165, 1.54) is 12.8 Å². The Morgan fingerprint density at radius 3 is 2.75 bits per heavy atom. The second-order valence-electron chi connectivity index (χ2n) is 5.04. The van der Waals surface area contributed by atoms with Gasteiger partial charge in [0.25, 0.3) is 0 Å². The van der Waals surface area contributed by atoms with E-state index in [0.717, 1.165) is 31.1 Å². The van der Waals surface area contributed by atoms with Crippen molar-refractivity contribution in [3.05, 3.63) is 18.2 Å². The maximum absolute atomic E-state index is 10.3. The van der Waals surface area contributed by atoms with Crippen LogP contribution in [-0.4, -0.2) is 14.7 Å². The Kier molecular flexibility index (Phi) is 3.64. The molecule has 3 heteroatoms. The molecule has 0 aromatic carbocycles. The third kappa shape index (κ3) is 2.29. The Balaban J connectivity index is 2.04. The fourth-order valence-electron chi connectivity index (χ4n) is 2.67. The Bertz CT molecular complexity index is 326. The summed E-state index contributed by atoms with van der Waals surface area (Å²) in [6, 6.07) is 0. The minimum Gasteiger partial charge on any atom is -0.385 e. The molecule has 0 spiro atoms. The fourth-order valence-corrected chi connectivity index (χ4v) is 2.67. The molecule has 1 aliphatic carbocycles. The first-order valence-electron chi connectivity index (χ1n) is 6.41. The average molecular weight is 222 g/mol. The molecule has 1 aromatic heterocycles. The quantitative estimate of drug-likeness (QED) is 0.854. The molecule has 1 heterocycles. The first-order chi connectivity index (χ1) is 7.72. The van der Waals surface area contributed by atoms with Gasteiger partial charge in [-0.1, -0.05) is 19.8 Å². The summed E-state index contributed by atoms with van der Waals surface area (Å²) in [6.07, 6.45) is 8.13. The van der Waals surface area contributed by atoms with Crippen LogP contribution in [0.4, 0.5) is 0 Å². The smallest absolute Gasteiger partial charge is 0.137 e. The first-order valence-corrected chi connectivity index (χ1v) is 6.41. The Labute approximate surface area is 97.5 Å². The molecule has 1 atom stereocenters. The monoisotopic (exact) mass is 222 g/mol. The van der Waals surface area contributed by atoms with Crippen LogP contribution >= 0.6 is 0 Å². The molecule has 1 saturated carbocycles. The Morgan fingerprint density at radius 2 is 2.12 bits per heavy atom. The van der Waals surface area contributed by atoms with Gasteiger partial charge in [-0.05, 0) is 31.6 Å². The van der Waals surface area contributed by atoms with E-state index in [2.05, 4.69) is 18.8 Å². The molecule has 3 nitrogen and oxygen atoms in total. The molecule has 2 rings (SSSR count). The van der Waals surface area contributed by atoms with Crippen molar-refractivity contribution < 1.29 is 5.11 Å². The van der Waals surface area contributed by atoms with Gasteiger partial charge >= 0.3 is 0 Å². The minimum absolute atomic E-state index is 0.373. The predicted molar refractivity (Wildman–Crippen MR) is 64.0 cm³/mol. The second-order valence-corrected chi connectivity index (χ2v) is 5.04. The molecule has 0 bridgehead atoms. The molecule has 0 aliphatic heterocycles. The van der Waals surface area contributed by atoms with Crippen LogP contribution in [0.1, 0.15) is 51.5 Å². The van der Waals surface area contributed by atoms with E-state index in [1.807, 2.05) is 10.8 Å². The van der Waals surface area contributed by atoms with Crippen LogP contribution in [0.5, 0.6) is 0 Å². The van der Waals surface area contributed by atoms with E-state index in [9.17, 15) is 5.11 Å². The van der Waals surface area contributed by atoms with Gasteiger partial charge in [-0.25, -0.2) is 4.98 Å². The SMILES string of the molecule is CCn1ccnc1C(O)C1CCC(C)CC1. The van der Waals surface area contributed by atoms with Gasteiger partial charge in [0, 0.05) is 18.9 Å². The third-order valence-electron chi connectivity index (χ3n) is 3.86. The lowest BCUT2D eigenvalue weighted by molar-refractivity contribution is 0.0656. The van der Waals surface area contributed by atoms with E-state index in [4.69, 9.17) is 0 Å². The van der Waals surface area contributed by atoms with Crippen molar-refractivity contribution in [1.29, 1.82) is 0 Å². The molecule has 1 N–H and O–H groups in total. The third-order valence-corrected chi connectivity index (χ3v) is 3.86. The number of aryl methyl sites for hydroxylation is 1. The van der Waals surface area contributed by atoms with E-state index in [0.29, 0.717) is 5.92 Å². The van der Waals surface area contributed by atoms with Crippen LogP contribution in [0, 0.1) is 11.8 Å². The average Bonchev–Trinajstić information content (AvgIpc) is 2.77. The molecule has 90 valence electrons. The van der Waals surface area contributed by atoms with Gasteiger partial charge < -0.3 is 9.67 Å². The van der Waals surface area contributed by atoms with E-state index in [1.54, 1.807) is 6.20 Å². The molecule has 0 amide bonds. The summed E-state index contributed by atoms with van der Waals surface area (Å²) in [5.74, 6) is 2.08. The zero-order chi connectivity index (χ0) is 11.5. The standard InChI is InChI=1S/C13H22N2O/c1-3-15-9-8-14-13(15)12(16)11-6-4-10(2)5-7-11/h8-12,16H,3-7H2,1-2H3. The van der Waals surface area contributed by atoms with Gasteiger partial charge in [-0.15, -0.1) is 0 Å². The number of rotatable bonds is 3. The van der Waals surface area contributed by atoms with Gasteiger partial charge in [-0.2, -0.15) is 0 Å². The second kappa shape index (κ2) is 5.00. The highest BCUT2D eigenvalue weighted by Gasteiger charge is 2.27. The van der Waals surface area contributed by atoms with Gasteiger partial charge in [0.1, 0.15) is 11.9 Å². The Morgan fingerprint density at radius 1 is 1.44 bits per heavy atom. The maximum atomic E-state index is 10.3. The Hall–Kier alpha value is -0.830. The summed E-state index contributed by atoms with van der Waals surface area (Å²) < 4.78 is 2.04. The van der Waals surface area contributed by atoms with Crippen molar-refractivity contribution in [2.45, 2.75) is 52.2 Å². The molecule has 16 heavy (non-hydrogen) atoms. The summed E-state index contributed by atoms with van der Waals surface area (Å²) in [7, 11) is 0. The number of nitrogens with zero attached hydrogens (tertiary/aromatic N) is 2. The lowest BCUT2D eigenvalue weighted by Crippen LogP contribution is -2.21. The molecule has 1 aromatic rings. The largest absolute Gasteiger partial charge is 0.385 e. The van der Waals surface area contributed by atoms with E-state index in [-0.39, 0.29) is 6.10 Å². The fraction of sp³-hybridized carbons (Fsp3) is 0.769. The highest BCUT2D eigenvalue weighted by Crippen LogP contribution is 2.36. The van der Waals surface area contributed by atoms with Crippen LogP contribution in [-0.2, 0) is 6.54 Å². The zero-order valence-electron chi connectivity index (χ0n) is 10.3. The van der Waals surface area contributed by atoms with Crippen molar-refractivity contribution >= 4 is 0 Å². The van der Waals surface area contributed by atoms with Crippen LogP contribution in [0.15, 0.2) is 12.4 Å². The van der Waals surface area contributed by atoms with Crippen molar-refractivity contribution in [3.63, 3.8) is 0 Å². The minimum atomic E-state index is -0.373. The molecular weight excluding hydrogens is 200 g/mol. The van der Waals surface area contributed by atoms with Crippen molar-refractivity contribution in [1.82, 2.24) is 9.55 Å². The first kappa shape index (κ1) is 11.6. The van der Waals surface area contributed by atoms with Crippen LogP contribution in [0.3, 0.4) is 0 Å². The normalized spacial score (nSPS) is 27.9. The van der Waals surface area contributed by atoms with E-state index < -0.39 is 0 Å². The highest BCUT2D eigenvalue weighted by atomic mass is 16.3.